The molecule has 0 amide bonds. The minimum absolute atomic E-state index is 0.418. The van der Waals surface area contributed by atoms with Gasteiger partial charge in [-0.05, 0) is 36.8 Å². The van der Waals surface area contributed by atoms with Crippen molar-refractivity contribution in [3.05, 3.63) is 28.1 Å². The molecule has 4 nitrogen and oxygen atoms in total. The maximum absolute atomic E-state index is 11.7. The summed E-state index contributed by atoms with van der Waals surface area (Å²) in [6.45, 7) is 3.03. The number of esters is 1. The standard InChI is InChI=1S/C16H19ClN2O2S2/c1-3-4-5-8-18-16(22)19-10-6-7-11-12(9-10)23-14(13(11)17)15(20)21-2/h6-7,9H,3-5,8H2,1-2H3,(H2,18,19,22). The molecular weight excluding hydrogens is 352 g/mol. The van der Waals surface area contributed by atoms with Gasteiger partial charge in [0, 0.05) is 22.3 Å². The van der Waals surface area contributed by atoms with Crippen molar-refractivity contribution in [2.24, 2.45) is 0 Å². The number of carbonyl (C=O) groups is 1. The van der Waals surface area contributed by atoms with Crippen LogP contribution in [0, 0.1) is 0 Å². The van der Waals surface area contributed by atoms with E-state index in [2.05, 4.69) is 17.6 Å². The third kappa shape index (κ3) is 4.56. The van der Waals surface area contributed by atoms with Gasteiger partial charge in [-0.1, -0.05) is 31.4 Å². The second-order valence-corrected chi connectivity index (χ2v) is 6.87. The van der Waals surface area contributed by atoms with E-state index in [0.29, 0.717) is 15.0 Å². The van der Waals surface area contributed by atoms with E-state index >= 15 is 0 Å². The molecule has 23 heavy (non-hydrogen) atoms. The lowest BCUT2D eigenvalue weighted by molar-refractivity contribution is 0.0606. The molecule has 0 saturated heterocycles. The number of thiophene rings is 1. The SMILES string of the molecule is CCCCCNC(=S)Nc1ccc2c(Cl)c(C(=O)OC)sc2c1. The van der Waals surface area contributed by atoms with Gasteiger partial charge in [0.2, 0.25) is 0 Å². The zero-order chi connectivity index (χ0) is 16.8. The van der Waals surface area contributed by atoms with Crippen LogP contribution < -0.4 is 10.6 Å². The summed E-state index contributed by atoms with van der Waals surface area (Å²) < 4.78 is 5.66. The van der Waals surface area contributed by atoms with E-state index in [1.807, 2.05) is 18.2 Å². The molecule has 7 heteroatoms. The Labute approximate surface area is 150 Å². The summed E-state index contributed by atoms with van der Waals surface area (Å²) in [5.41, 5.74) is 0.861. The molecule has 1 heterocycles. The fraction of sp³-hybridized carbons (Fsp3) is 0.375. The van der Waals surface area contributed by atoms with Crippen LogP contribution in [0.4, 0.5) is 5.69 Å². The molecule has 0 unspecified atom stereocenters. The third-order valence-corrected chi connectivity index (χ3v) is 5.21. The Bertz CT molecular complexity index is 715. The highest BCUT2D eigenvalue weighted by atomic mass is 35.5. The number of rotatable bonds is 6. The van der Waals surface area contributed by atoms with Gasteiger partial charge in [-0.3, -0.25) is 0 Å². The molecule has 0 bridgehead atoms. The molecule has 0 aliphatic heterocycles. The summed E-state index contributed by atoms with van der Waals surface area (Å²) in [7, 11) is 1.35. The molecular formula is C16H19ClN2O2S2. The van der Waals surface area contributed by atoms with Crippen molar-refractivity contribution < 1.29 is 9.53 Å². The highest BCUT2D eigenvalue weighted by molar-refractivity contribution is 7.80. The number of hydrogen-bond donors (Lipinski definition) is 2. The second-order valence-electron chi connectivity index (χ2n) is 5.04. The van der Waals surface area contributed by atoms with E-state index in [0.717, 1.165) is 28.7 Å². The largest absolute Gasteiger partial charge is 0.465 e. The summed E-state index contributed by atoms with van der Waals surface area (Å²) in [4.78, 5) is 12.1. The Morgan fingerprint density at radius 3 is 2.87 bits per heavy atom. The van der Waals surface area contributed by atoms with Gasteiger partial charge in [-0.15, -0.1) is 11.3 Å². The number of nitrogens with one attached hydrogen (secondary N) is 2. The smallest absolute Gasteiger partial charge is 0.349 e. The lowest BCUT2D eigenvalue weighted by Crippen LogP contribution is -2.29. The summed E-state index contributed by atoms with van der Waals surface area (Å²) >= 11 is 12.8. The molecule has 2 aromatic rings. The second kappa shape index (κ2) is 8.47. The van der Waals surface area contributed by atoms with Gasteiger partial charge >= 0.3 is 5.97 Å². The fourth-order valence-electron chi connectivity index (χ4n) is 2.12. The highest BCUT2D eigenvalue weighted by Gasteiger charge is 2.17. The summed E-state index contributed by atoms with van der Waals surface area (Å²) in [6, 6.07) is 5.70. The van der Waals surface area contributed by atoms with Crippen LogP contribution in [0.5, 0.6) is 0 Å². The summed E-state index contributed by atoms with van der Waals surface area (Å²) in [5.74, 6) is -0.418. The van der Waals surface area contributed by atoms with E-state index in [9.17, 15) is 4.79 Å². The molecule has 0 aliphatic rings. The van der Waals surface area contributed by atoms with E-state index in [-0.39, 0.29) is 0 Å². The third-order valence-electron chi connectivity index (χ3n) is 3.32. The molecule has 0 aliphatic carbocycles. The summed E-state index contributed by atoms with van der Waals surface area (Å²) in [5, 5.41) is 8.20. The van der Waals surface area contributed by atoms with Crippen molar-refractivity contribution >= 4 is 62.0 Å². The molecule has 0 radical (unpaired) electrons. The maximum Gasteiger partial charge on any atom is 0.349 e. The van der Waals surface area contributed by atoms with Crippen LogP contribution in [0.1, 0.15) is 35.9 Å². The molecule has 0 fully saturated rings. The number of halogens is 1. The first kappa shape index (κ1) is 18.0. The van der Waals surface area contributed by atoms with Gasteiger partial charge in [0.1, 0.15) is 4.88 Å². The number of thiocarbonyl (C=S) groups is 1. The Hall–Kier alpha value is -1.37. The van der Waals surface area contributed by atoms with Crippen LogP contribution in [-0.2, 0) is 4.74 Å². The number of ether oxygens (including phenoxy) is 1. The Balaban J connectivity index is 2.08. The summed E-state index contributed by atoms with van der Waals surface area (Å²) in [6.07, 6.45) is 3.46. The lowest BCUT2D eigenvalue weighted by atomic mass is 10.2. The minimum atomic E-state index is -0.418. The van der Waals surface area contributed by atoms with Gasteiger partial charge < -0.3 is 15.4 Å². The number of hydrogen-bond acceptors (Lipinski definition) is 4. The zero-order valence-corrected chi connectivity index (χ0v) is 15.5. The van der Waals surface area contributed by atoms with E-state index < -0.39 is 5.97 Å². The van der Waals surface area contributed by atoms with Crippen LogP contribution in [-0.4, -0.2) is 24.7 Å². The van der Waals surface area contributed by atoms with Crippen molar-refractivity contribution in [3.8, 4) is 0 Å². The monoisotopic (exact) mass is 370 g/mol. The lowest BCUT2D eigenvalue weighted by Gasteiger charge is -2.10. The van der Waals surface area contributed by atoms with Crippen molar-refractivity contribution in [1.29, 1.82) is 0 Å². The molecule has 0 saturated carbocycles. The van der Waals surface area contributed by atoms with Crippen molar-refractivity contribution in [1.82, 2.24) is 5.32 Å². The van der Waals surface area contributed by atoms with Crippen molar-refractivity contribution in [2.75, 3.05) is 19.0 Å². The molecule has 2 rings (SSSR count). The average molecular weight is 371 g/mol. The van der Waals surface area contributed by atoms with Gasteiger partial charge in [-0.25, -0.2) is 4.79 Å². The molecule has 0 spiro atoms. The van der Waals surface area contributed by atoms with Crippen molar-refractivity contribution in [2.45, 2.75) is 26.2 Å². The van der Waals surface area contributed by atoms with Crippen LogP contribution in [0.2, 0.25) is 5.02 Å². The first-order valence-electron chi connectivity index (χ1n) is 7.42. The molecule has 0 atom stereocenters. The number of fused-ring (bicyclic) bond motifs is 1. The molecule has 1 aromatic heterocycles. The normalized spacial score (nSPS) is 10.6. The quantitative estimate of drug-likeness (QED) is 0.434. The number of carbonyl (C=O) groups excluding carboxylic acids is 1. The molecule has 2 N–H and O–H groups in total. The zero-order valence-electron chi connectivity index (χ0n) is 13.1. The van der Waals surface area contributed by atoms with Gasteiger partial charge in [0.15, 0.2) is 5.11 Å². The van der Waals surface area contributed by atoms with Crippen LogP contribution in [0.15, 0.2) is 18.2 Å². The van der Waals surface area contributed by atoms with Gasteiger partial charge in [0.25, 0.3) is 0 Å². The number of methoxy groups -OCH3 is 1. The molecule has 124 valence electrons. The van der Waals surface area contributed by atoms with Crippen LogP contribution >= 0.6 is 35.2 Å². The number of anilines is 1. The first-order chi connectivity index (χ1) is 11.1. The molecule has 1 aromatic carbocycles. The predicted octanol–water partition coefficient (Wildman–Crippen LogP) is 4.82. The van der Waals surface area contributed by atoms with E-state index in [1.54, 1.807) is 0 Å². The minimum Gasteiger partial charge on any atom is -0.465 e. The highest BCUT2D eigenvalue weighted by Crippen LogP contribution is 2.37. The van der Waals surface area contributed by atoms with Crippen molar-refractivity contribution in [3.63, 3.8) is 0 Å². The fourth-order valence-corrected chi connectivity index (χ4v) is 3.80. The van der Waals surface area contributed by atoms with E-state index in [4.69, 9.17) is 28.6 Å². The Morgan fingerprint density at radius 2 is 2.17 bits per heavy atom. The van der Waals surface area contributed by atoms with Gasteiger partial charge in [-0.2, -0.15) is 0 Å². The predicted molar refractivity (Wildman–Crippen MR) is 102 cm³/mol. The topological polar surface area (TPSA) is 50.4 Å². The average Bonchev–Trinajstić information content (AvgIpc) is 2.87. The van der Waals surface area contributed by atoms with E-state index in [1.165, 1.54) is 31.3 Å². The van der Waals surface area contributed by atoms with Crippen LogP contribution in [0.3, 0.4) is 0 Å². The van der Waals surface area contributed by atoms with Crippen LogP contribution in [0.25, 0.3) is 10.1 Å². The Kier molecular flexibility index (Phi) is 6.62. The van der Waals surface area contributed by atoms with Gasteiger partial charge in [0.05, 0.1) is 12.1 Å². The maximum atomic E-state index is 11.7. The first-order valence-corrected chi connectivity index (χ1v) is 9.02. The Morgan fingerprint density at radius 1 is 1.39 bits per heavy atom. The number of benzene rings is 1. The number of unbranched alkanes of at least 4 members (excludes halogenated alkanes) is 2.